The molecular weight excluding hydrogens is 436 g/mol. The van der Waals surface area contributed by atoms with Crippen LogP contribution in [-0.2, 0) is 11.3 Å². The van der Waals surface area contributed by atoms with Crippen molar-refractivity contribution < 1.29 is 28.2 Å². The summed E-state index contributed by atoms with van der Waals surface area (Å²) in [7, 11) is 0. The highest BCUT2D eigenvalue weighted by molar-refractivity contribution is 6.30. The molecule has 2 amide bonds. The Labute approximate surface area is 180 Å². The summed E-state index contributed by atoms with van der Waals surface area (Å²) >= 11 is 5.53. The number of likely N-dealkylation sites (N-methyl/N-ethyl adjacent to an activating group) is 1. The molecule has 3 heterocycles. The monoisotopic (exact) mass is 453 g/mol. The lowest BCUT2D eigenvalue weighted by Crippen LogP contribution is -2.50. The van der Waals surface area contributed by atoms with E-state index in [2.05, 4.69) is 5.32 Å². The number of ether oxygens (including phenoxy) is 1. The molecule has 2 aromatic rings. The van der Waals surface area contributed by atoms with Gasteiger partial charge in [-0.2, -0.15) is 0 Å². The van der Waals surface area contributed by atoms with Crippen molar-refractivity contribution in [3.8, 4) is 5.75 Å². The van der Waals surface area contributed by atoms with E-state index in [0.717, 1.165) is 12.1 Å². The highest BCUT2D eigenvalue weighted by Crippen LogP contribution is 2.37. The zero-order valence-corrected chi connectivity index (χ0v) is 17.1. The van der Waals surface area contributed by atoms with Crippen molar-refractivity contribution in [2.24, 2.45) is 0 Å². The number of halogens is 3. The summed E-state index contributed by atoms with van der Waals surface area (Å²) < 4.78 is 34.4. The van der Waals surface area contributed by atoms with Crippen LogP contribution in [0.2, 0.25) is 5.02 Å². The zero-order valence-electron chi connectivity index (χ0n) is 16.3. The fourth-order valence-electron chi connectivity index (χ4n) is 3.94. The van der Waals surface area contributed by atoms with E-state index in [1.807, 2.05) is 0 Å². The average Bonchev–Trinajstić information content (AvgIpc) is 3.23. The molecular formula is C20H18ClF2N3O5. The van der Waals surface area contributed by atoms with Crippen LogP contribution in [-0.4, -0.2) is 45.8 Å². The average molecular weight is 454 g/mol. The van der Waals surface area contributed by atoms with E-state index in [4.69, 9.17) is 16.3 Å². The Kier molecular flexibility index (Phi) is 5.44. The summed E-state index contributed by atoms with van der Waals surface area (Å²) in [4.78, 5) is 39.5. The minimum atomic E-state index is -1.02. The Balaban J connectivity index is 1.68. The smallest absolute Gasteiger partial charge is 0.276 e. The van der Waals surface area contributed by atoms with E-state index in [-0.39, 0.29) is 23.8 Å². The maximum absolute atomic E-state index is 14.1. The van der Waals surface area contributed by atoms with Crippen LogP contribution in [0.25, 0.3) is 0 Å². The molecule has 2 N–H and O–H groups in total. The van der Waals surface area contributed by atoms with Gasteiger partial charge in [-0.3, -0.25) is 14.4 Å². The van der Waals surface area contributed by atoms with Crippen LogP contribution in [0.5, 0.6) is 5.75 Å². The third-order valence-corrected chi connectivity index (χ3v) is 5.86. The second-order valence-corrected chi connectivity index (χ2v) is 7.58. The fraction of sp³-hybridized carbons (Fsp3) is 0.350. The SMILES string of the molecule is CCN1C(=O)c2c(O)c(=O)c(C(=O)NCc3ccc(F)c(Cl)c3F)cn2[C@@H]2CCO[C@@H]21. The third kappa shape index (κ3) is 3.35. The van der Waals surface area contributed by atoms with Gasteiger partial charge in [-0.25, -0.2) is 8.78 Å². The number of pyridine rings is 1. The molecule has 0 bridgehead atoms. The standard InChI is InChI=1S/C20H18ClF2N3O5/c1-2-25-19(30)15-17(28)16(27)10(8-26(15)12-5-6-31-20(12)25)18(29)24-7-9-3-4-11(22)13(21)14(9)23/h3-4,8,12,20,28H,2,5-7H2,1H3,(H,24,29)/t12-,20+/m1/s1. The first kappa shape index (κ1) is 21.3. The normalized spacial score (nSPS) is 19.9. The zero-order chi connectivity index (χ0) is 22.4. The lowest BCUT2D eigenvalue weighted by molar-refractivity contribution is -0.0328. The molecule has 2 atom stereocenters. The topological polar surface area (TPSA) is 101 Å². The number of fused-ring (bicyclic) bond motifs is 3. The van der Waals surface area contributed by atoms with Gasteiger partial charge in [0.15, 0.2) is 17.7 Å². The van der Waals surface area contributed by atoms with E-state index in [1.54, 1.807) is 6.92 Å². The first-order valence-electron chi connectivity index (χ1n) is 9.57. The molecule has 1 saturated heterocycles. The number of nitrogens with zero attached hydrogens (tertiary/aromatic N) is 2. The Morgan fingerprint density at radius 3 is 2.81 bits per heavy atom. The van der Waals surface area contributed by atoms with Crippen LogP contribution < -0.4 is 10.7 Å². The van der Waals surface area contributed by atoms with E-state index < -0.39 is 51.4 Å². The molecule has 8 nitrogen and oxygen atoms in total. The van der Waals surface area contributed by atoms with Gasteiger partial charge >= 0.3 is 0 Å². The predicted octanol–water partition coefficient (Wildman–Crippen LogP) is 2.18. The molecule has 1 aromatic carbocycles. The first-order valence-corrected chi connectivity index (χ1v) is 9.95. The second kappa shape index (κ2) is 7.93. The van der Waals surface area contributed by atoms with Gasteiger partial charge in [0.1, 0.15) is 22.2 Å². The molecule has 31 heavy (non-hydrogen) atoms. The molecule has 0 aliphatic carbocycles. The minimum absolute atomic E-state index is 0.0833. The van der Waals surface area contributed by atoms with Crippen molar-refractivity contribution in [1.29, 1.82) is 0 Å². The number of amides is 2. The molecule has 4 rings (SSSR count). The highest BCUT2D eigenvalue weighted by atomic mass is 35.5. The molecule has 2 aliphatic rings. The van der Waals surface area contributed by atoms with Crippen LogP contribution in [0.4, 0.5) is 8.78 Å². The molecule has 0 saturated carbocycles. The van der Waals surface area contributed by atoms with Gasteiger partial charge in [0.05, 0.1) is 12.6 Å². The lowest BCUT2D eigenvalue weighted by Gasteiger charge is -2.38. The number of benzene rings is 1. The van der Waals surface area contributed by atoms with E-state index in [1.165, 1.54) is 15.7 Å². The summed E-state index contributed by atoms with van der Waals surface area (Å²) in [5.41, 5.74) is -1.73. The van der Waals surface area contributed by atoms with Crippen LogP contribution in [0.3, 0.4) is 0 Å². The lowest BCUT2D eigenvalue weighted by atomic mass is 10.1. The Morgan fingerprint density at radius 1 is 1.35 bits per heavy atom. The van der Waals surface area contributed by atoms with Gasteiger partial charge < -0.3 is 24.6 Å². The first-order chi connectivity index (χ1) is 14.8. The highest BCUT2D eigenvalue weighted by Gasteiger charge is 2.44. The van der Waals surface area contributed by atoms with Crippen molar-refractivity contribution >= 4 is 23.4 Å². The number of aromatic hydroxyl groups is 1. The number of hydrogen-bond acceptors (Lipinski definition) is 5. The summed E-state index contributed by atoms with van der Waals surface area (Å²) in [6.07, 6.45) is 1.15. The minimum Gasteiger partial charge on any atom is -0.503 e. The predicted molar refractivity (Wildman–Crippen MR) is 105 cm³/mol. The van der Waals surface area contributed by atoms with Gasteiger partial charge in [0.25, 0.3) is 11.8 Å². The number of rotatable bonds is 4. The van der Waals surface area contributed by atoms with Crippen molar-refractivity contribution in [3.05, 3.63) is 62.0 Å². The van der Waals surface area contributed by atoms with Crippen molar-refractivity contribution in [2.45, 2.75) is 32.2 Å². The quantitative estimate of drug-likeness (QED) is 0.691. The number of aromatic nitrogens is 1. The van der Waals surface area contributed by atoms with Gasteiger partial charge in [-0.05, 0) is 19.4 Å². The van der Waals surface area contributed by atoms with Crippen LogP contribution in [0.1, 0.15) is 45.8 Å². The Bertz CT molecular complexity index is 1150. The molecule has 0 spiro atoms. The number of carbonyl (C=O) groups is 2. The van der Waals surface area contributed by atoms with E-state index in [0.29, 0.717) is 19.6 Å². The van der Waals surface area contributed by atoms with Crippen LogP contribution >= 0.6 is 11.6 Å². The molecule has 2 aliphatic heterocycles. The Hall–Kier alpha value is -2.98. The molecule has 11 heteroatoms. The maximum Gasteiger partial charge on any atom is 0.276 e. The molecule has 0 unspecified atom stereocenters. The molecule has 1 aromatic heterocycles. The Morgan fingerprint density at radius 2 is 2.10 bits per heavy atom. The summed E-state index contributed by atoms with van der Waals surface area (Å²) in [5, 5.41) is 12.1. The van der Waals surface area contributed by atoms with Crippen molar-refractivity contribution in [3.63, 3.8) is 0 Å². The molecule has 164 valence electrons. The van der Waals surface area contributed by atoms with E-state index in [9.17, 15) is 28.3 Å². The van der Waals surface area contributed by atoms with E-state index >= 15 is 0 Å². The largest absolute Gasteiger partial charge is 0.503 e. The summed E-state index contributed by atoms with van der Waals surface area (Å²) in [5.74, 6) is -4.27. The van der Waals surface area contributed by atoms with Gasteiger partial charge in [-0.1, -0.05) is 17.7 Å². The number of carbonyl (C=O) groups excluding carboxylic acids is 2. The maximum atomic E-state index is 14.1. The van der Waals surface area contributed by atoms with Gasteiger partial charge in [-0.15, -0.1) is 0 Å². The number of hydrogen-bond donors (Lipinski definition) is 2. The van der Waals surface area contributed by atoms with Crippen LogP contribution in [0, 0.1) is 11.6 Å². The third-order valence-electron chi connectivity index (χ3n) is 5.51. The molecule has 0 radical (unpaired) electrons. The van der Waals surface area contributed by atoms with Crippen molar-refractivity contribution in [2.75, 3.05) is 13.2 Å². The number of nitrogens with one attached hydrogen (secondary N) is 1. The summed E-state index contributed by atoms with van der Waals surface area (Å²) in [6, 6.07) is 1.70. The second-order valence-electron chi connectivity index (χ2n) is 7.20. The van der Waals surface area contributed by atoms with Crippen LogP contribution in [0.15, 0.2) is 23.1 Å². The van der Waals surface area contributed by atoms with Gasteiger partial charge in [0.2, 0.25) is 5.43 Å². The van der Waals surface area contributed by atoms with Gasteiger partial charge in [0, 0.05) is 24.8 Å². The summed E-state index contributed by atoms with van der Waals surface area (Å²) in [6.45, 7) is 2.08. The molecule has 1 fully saturated rings. The fourth-order valence-corrected chi connectivity index (χ4v) is 4.12. The van der Waals surface area contributed by atoms with Crippen molar-refractivity contribution in [1.82, 2.24) is 14.8 Å².